The van der Waals surface area contributed by atoms with Crippen molar-refractivity contribution in [1.82, 2.24) is 10.2 Å². The number of hydrogen-bond donors (Lipinski definition) is 1. The first-order valence-electron chi connectivity index (χ1n) is 7.15. The first-order valence-corrected chi connectivity index (χ1v) is 7.15. The molecule has 0 aromatic heterocycles. The van der Waals surface area contributed by atoms with Crippen molar-refractivity contribution in [2.24, 2.45) is 0 Å². The van der Waals surface area contributed by atoms with Crippen molar-refractivity contribution in [3.05, 3.63) is 0 Å². The van der Waals surface area contributed by atoms with E-state index < -0.39 is 0 Å². The van der Waals surface area contributed by atoms with Gasteiger partial charge in [-0.1, -0.05) is 32.6 Å². The number of likely N-dealkylation sites (N-methyl/N-ethyl adjacent to an activating group) is 1. The molecule has 1 N–H and O–H groups in total. The number of nitriles is 1. The summed E-state index contributed by atoms with van der Waals surface area (Å²) in [5, 5.41) is 11.7. The Kier molecular flexibility index (Phi) is 7.43. The van der Waals surface area contributed by atoms with Crippen LogP contribution in [0.4, 0.5) is 0 Å². The highest BCUT2D eigenvalue weighted by Crippen LogP contribution is 2.17. The van der Waals surface area contributed by atoms with Crippen LogP contribution in [0, 0.1) is 11.3 Å². The fourth-order valence-corrected chi connectivity index (χ4v) is 2.46. The summed E-state index contributed by atoms with van der Waals surface area (Å²) in [7, 11) is 0. The number of carbonyl (C=O) groups is 1. The third-order valence-corrected chi connectivity index (χ3v) is 3.57. The Labute approximate surface area is 110 Å². The van der Waals surface area contributed by atoms with Crippen LogP contribution >= 0.6 is 0 Å². The molecule has 4 heteroatoms. The molecule has 1 aliphatic carbocycles. The summed E-state index contributed by atoms with van der Waals surface area (Å²) < 4.78 is 0. The van der Waals surface area contributed by atoms with E-state index in [2.05, 4.69) is 11.4 Å². The van der Waals surface area contributed by atoms with Gasteiger partial charge in [0.1, 0.15) is 0 Å². The standard InChI is InChI=1S/C14H25N3O/c1-2-17(11-7-10-15)12-14(18)16-13-8-5-3-4-6-9-13/h13H,2-9,11-12H2,1H3,(H,16,18). The zero-order chi connectivity index (χ0) is 13.2. The van der Waals surface area contributed by atoms with Crippen molar-refractivity contribution in [3.63, 3.8) is 0 Å². The van der Waals surface area contributed by atoms with E-state index in [9.17, 15) is 4.79 Å². The van der Waals surface area contributed by atoms with Crippen LogP contribution in [-0.4, -0.2) is 36.5 Å². The maximum atomic E-state index is 11.9. The lowest BCUT2D eigenvalue weighted by atomic mass is 10.1. The molecule has 0 saturated heterocycles. The van der Waals surface area contributed by atoms with E-state index >= 15 is 0 Å². The molecule has 0 aliphatic heterocycles. The molecule has 0 unspecified atom stereocenters. The average Bonchev–Trinajstić information content (AvgIpc) is 2.63. The van der Waals surface area contributed by atoms with Crippen LogP contribution in [0.5, 0.6) is 0 Å². The zero-order valence-electron chi connectivity index (χ0n) is 11.5. The van der Waals surface area contributed by atoms with Gasteiger partial charge in [-0.05, 0) is 19.4 Å². The van der Waals surface area contributed by atoms with E-state index in [1.807, 2.05) is 11.8 Å². The first kappa shape index (κ1) is 15.0. The lowest BCUT2D eigenvalue weighted by Gasteiger charge is -2.21. The minimum absolute atomic E-state index is 0.113. The van der Waals surface area contributed by atoms with Crippen molar-refractivity contribution in [2.45, 2.75) is 57.9 Å². The van der Waals surface area contributed by atoms with E-state index in [1.165, 1.54) is 25.7 Å². The molecule has 0 spiro atoms. The normalized spacial score (nSPS) is 17.2. The minimum atomic E-state index is 0.113. The third kappa shape index (κ3) is 6.02. The highest BCUT2D eigenvalue weighted by molar-refractivity contribution is 5.78. The van der Waals surface area contributed by atoms with Gasteiger partial charge in [0, 0.05) is 19.0 Å². The summed E-state index contributed by atoms with van der Waals surface area (Å²) in [6.45, 7) is 3.95. The predicted molar refractivity (Wildman–Crippen MR) is 72.0 cm³/mol. The second-order valence-corrected chi connectivity index (χ2v) is 5.03. The molecule has 1 aliphatic rings. The largest absolute Gasteiger partial charge is 0.352 e. The molecule has 1 fully saturated rings. The molecule has 1 saturated carbocycles. The van der Waals surface area contributed by atoms with E-state index in [-0.39, 0.29) is 5.91 Å². The van der Waals surface area contributed by atoms with Gasteiger partial charge in [-0.3, -0.25) is 9.69 Å². The van der Waals surface area contributed by atoms with Crippen LogP contribution < -0.4 is 5.32 Å². The molecular weight excluding hydrogens is 226 g/mol. The molecule has 0 bridgehead atoms. The predicted octanol–water partition coefficient (Wildman–Crippen LogP) is 2.06. The Balaban J connectivity index is 2.28. The Hall–Kier alpha value is -1.08. The summed E-state index contributed by atoms with van der Waals surface area (Å²) in [5.41, 5.74) is 0. The van der Waals surface area contributed by atoms with Crippen LogP contribution in [0.25, 0.3) is 0 Å². The Morgan fingerprint density at radius 2 is 2.00 bits per heavy atom. The summed E-state index contributed by atoms with van der Waals surface area (Å²) in [4.78, 5) is 13.9. The zero-order valence-corrected chi connectivity index (χ0v) is 11.5. The number of amides is 1. The van der Waals surface area contributed by atoms with E-state index in [4.69, 9.17) is 5.26 Å². The van der Waals surface area contributed by atoms with E-state index in [1.54, 1.807) is 0 Å². The fourth-order valence-electron chi connectivity index (χ4n) is 2.46. The molecular formula is C14H25N3O. The van der Waals surface area contributed by atoms with E-state index in [0.29, 0.717) is 25.6 Å². The van der Waals surface area contributed by atoms with Crippen molar-refractivity contribution < 1.29 is 4.79 Å². The molecule has 18 heavy (non-hydrogen) atoms. The Morgan fingerprint density at radius 1 is 1.33 bits per heavy atom. The quantitative estimate of drug-likeness (QED) is 0.735. The van der Waals surface area contributed by atoms with Crippen molar-refractivity contribution in [1.29, 1.82) is 5.26 Å². The van der Waals surface area contributed by atoms with Crippen molar-refractivity contribution >= 4 is 5.91 Å². The summed E-state index contributed by atoms with van der Waals surface area (Å²) in [6.07, 6.45) is 7.80. The number of nitrogens with zero attached hydrogens (tertiary/aromatic N) is 2. The topological polar surface area (TPSA) is 56.1 Å². The van der Waals surface area contributed by atoms with Crippen molar-refractivity contribution in [3.8, 4) is 6.07 Å². The lowest BCUT2D eigenvalue weighted by molar-refractivity contribution is -0.123. The smallest absolute Gasteiger partial charge is 0.234 e. The lowest BCUT2D eigenvalue weighted by Crippen LogP contribution is -2.42. The van der Waals surface area contributed by atoms with Gasteiger partial charge in [0.05, 0.1) is 12.6 Å². The van der Waals surface area contributed by atoms with Crippen LogP contribution in [0.1, 0.15) is 51.9 Å². The molecule has 0 atom stereocenters. The highest BCUT2D eigenvalue weighted by atomic mass is 16.2. The van der Waals surface area contributed by atoms with E-state index in [0.717, 1.165) is 19.4 Å². The van der Waals surface area contributed by atoms with Crippen LogP contribution in [0.15, 0.2) is 0 Å². The maximum absolute atomic E-state index is 11.9. The summed E-state index contributed by atoms with van der Waals surface area (Å²) >= 11 is 0. The maximum Gasteiger partial charge on any atom is 0.234 e. The summed E-state index contributed by atoms with van der Waals surface area (Å²) in [5.74, 6) is 0.113. The van der Waals surface area contributed by atoms with Gasteiger partial charge in [0.25, 0.3) is 0 Å². The minimum Gasteiger partial charge on any atom is -0.352 e. The molecule has 102 valence electrons. The van der Waals surface area contributed by atoms with Gasteiger partial charge in [-0.15, -0.1) is 0 Å². The van der Waals surface area contributed by atoms with Crippen LogP contribution in [0.2, 0.25) is 0 Å². The number of hydrogen-bond acceptors (Lipinski definition) is 3. The van der Waals surface area contributed by atoms with Gasteiger partial charge in [0.2, 0.25) is 5.91 Å². The number of carbonyl (C=O) groups excluding carboxylic acids is 1. The van der Waals surface area contributed by atoms with Crippen LogP contribution in [-0.2, 0) is 4.79 Å². The van der Waals surface area contributed by atoms with Gasteiger partial charge in [-0.25, -0.2) is 0 Å². The van der Waals surface area contributed by atoms with Gasteiger partial charge < -0.3 is 5.32 Å². The second kappa shape index (κ2) is 8.93. The highest BCUT2D eigenvalue weighted by Gasteiger charge is 2.16. The van der Waals surface area contributed by atoms with Crippen LogP contribution in [0.3, 0.4) is 0 Å². The molecule has 4 nitrogen and oxygen atoms in total. The monoisotopic (exact) mass is 251 g/mol. The molecule has 0 radical (unpaired) electrons. The SMILES string of the molecule is CCN(CCC#N)CC(=O)NC1CCCCCC1. The number of rotatable bonds is 6. The van der Waals surface area contributed by atoms with Gasteiger partial charge >= 0.3 is 0 Å². The number of nitrogens with one attached hydrogen (secondary N) is 1. The second-order valence-electron chi connectivity index (χ2n) is 5.03. The Morgan fingerprint density at radius 3 is 2.56 bits per heavy atom. The molecule has 1 amide bonds. The molecule has 0 heterocycles. The molecule has 1 rings (SSSR count). The summed E-state index contributed by atoms with van der Waals surface area (Å²) in [6, 6.07) is 2.49. The molecule has 0 aromatic carbocycles. The Bertz CT molecular complexity index is 277. The van der Waals surface area contributed by atoms with Gasteiger partial charge in [-0.2, -0.15) is 5.26 Å². The third-order valence-electron chi connectivity index (χ3n) is 3.57. The van der Waals surface area contributed by atoms with Gasteiger partial charge in [0.15, 0.2) is 0 Å². The first-order chi connectivity index (χ1) is 8.76. The fraction of sp³-hybridized carbons (Fsp3) is 0.857. The molecule has 0 aromatic rings. The average molecular weight is 251 g/mol. The van der Waals surface area contributed by atoms with Crippen molar-refractivity contribution in [2.75, 3.05) is 19.6 Å².